The highest BCUT2D eigenvalue weighted by Gasteiger charge is 2.42. The molecule has 1 aliphatic rings. The van der Waals surface area contributed by atoms with Crippen LogP contribution in [0.2, 0.25) is 0 Å². The molecule has 26 heavy (non-hydrogen) atoms. The molecule has 3 rings (SSSR count). The third-order valence-electron chi connectivity index (χ3n) is 4.34. The topological polar surface area (TPSA) is 64.7 Å². The number of hydrogen-bond acceptors (Lipinski definition) is 3. The number of carbonyl (C=O) groups excluding carboxylic acids is 1. The summed E-state index contributed by atoms with van der Waals surface area (Å²) in [4.78, 5) is 12.5. The Morgan fingerprint density at radius 1 is 1.46 bits per heavy atom. The molecule has 2 heterocycles. The minimum Gasteiger partial charge on any atom is -0.350 e. The van der Waals surface area contributed by atoms with Crippen LogP contribution in [0.5, 0.6) is 0 Å². The fraction of sp³-hybridized carbons (Fsp3) is 0.562. The quantitative estimate of drug-likeness (QED) is 0.756. The number of rotatable bonds is 6. The second-order valence-corrected chi connectivity index (χ2v) is 7.16. The van der Waals surface area contributed by atoms with E-state index in [1.54, 1.807) is 17.8 Å². The molecule has 2 aromatic rings. The summed E-state index contributed by atoms with van der Waals surface area (Å²) < 4.78 is 42.4. The van der Waals surface area contributed by atoms with Gasteiger partial charge in [0, 0.05) is 30.8 Å². The van der Waals surface area contributed by atoms with Crippen molar-refractivity contribution in [2.24, 2.45) is 0 Å². The van der Waals surface area contributed by atoms with E-state index in [4.69, 9.17) is 0 Å². The molecule has 1 fully saturated rings. The standard InChI is InChI=1S/C16H19BrF3N5O/c1-3-24-8-10(7-22-24)6-21-15(26)9(2)25-13(11-4-5-11)12(17)14(23-25)16(18,19)20/h7-9,11H,3-6H2,1-2H3,(H,21,26). The van der Waals surface area contributed by atoms with Gasteiger partial charge in [0.25, 0.3) is 0 Å². The van der Waals surface area contributed by atoms with Crippen molar-refractivity contribution in [3.8, 4) is 0 Å². The SMILES string of the molecule is CCn1cc(CNC(=O)C(C)n2nc(C(F)(F)F)c(Br)c2C2CC2)cn1. The van der Waals surface area contributed by atoms with E-state index in [1.807, 2.05) is 13.1 Å². The van der Waals surface area contributed by atoms with Gasteiger partial charge in [-0.15, -0.1) is 0 Å². The first-order chi connectivity index (χ1) is 12.2. The lowest BCUT2D eigenvalue weighted by Gasteiger charge is -2.15. The summed E-state index contributed by atoms with van der Waals surface area (Å²) >= 11 is 3.04. The largest absolute Gasteiger partial charge is 0.436 e. The molecule has 1 N–H and O–H groups in total. The molecule has 1 amide bonds. The van der Waals surface area contributed by atoms with Gasteiger partial charge in [-0.2, -0.15) is 23.4 Å². The number of nitrogens with zero attached hydrogens (tertiary/aromatic N) is 4. The molecule has 142 valence electrons. The van der Waals surface area contributed by atoms with Gasteiger partial charge in [0.15, 0.2) is 5.69 Å². The Bertz CT molecular complexity index is 809. The van der Waals surface area contributed by atoms with Crippen LogP contribution in [0.25, 0.3) is 0 Å². The maximum absolute atomic E-state index is 13.2. The summed E-state index contributed by atoms with van der Waals surface area (Å²) in [6.45, 7) is 4.48. The lowest BCUT2D eigenvalue weighted by Crippen LogP contribution is -2.32. The van der Waals surface area contributed by atoms with Gasteiger partial charge in [0.1, 0.15) is 6.04 Å². The molecule has 10 heteroatoms. The molecule has 0 saturated heterocycles. The number of aryl methyl sites for hydroxylation is 1. The van der Waals surface area contributed by atoms with Gasteiger partial charge in [0.2, 0.25) is 5.91 Å². The summed E-state index contributed by atoms with van der Waals surface area (Å²) in [5, 5.41) is 10.6. The molecular formula is C16H19BrF3N5O. The minimum atomic E-state index is -4.57. The van der Waals surface area contributed by atoms with Crippen molar-refractivity contribution in [1.82, 2.24) is 24.9 Å². The van der Waals surface area contributed by atoms with Crippen LogP contribution < -0.4 is 5.32 Å². The first-order valence-corrected chi connectivity index (χ1v) is 9.15. The number of hydrogen-bond donors (Lipinski definition) is 1. The number of nitrogens with one attached hydrogen (secondary N) is 1. The summed E-state index contributed by atoms with van der Waals surface area (Å²) in [5.41, 5.74) is 0.287. The average molecular weight is 434 g/mol. The summed E-state index contributed by atoms with van der Waals surface area (Å²) in [6, 6.07) is -0.848. The zero-order valence-corrected chi connectivity index (χ0v) is 15.9. The highest BCUT2D eigenvalue weighted by atomic mass is 79.9. The molecule has 0 radical (unpaired) electrons. The zero-order valence-electron chi connectivity index (χ0n) is 14.3. The van der Waals surface area contributed by atoms with Crippen LogP contribution in [-0.2, 0) is 24.1 Å². The summed E-state index contributed by atoms with van der Waals surface area (Å²) in [5.74, 6) is -0.383. The summed E-state index contributed by atoms with van der Waals surface area (Å²) in [7, 11) is 0. The van der Waals surface area contributed by atoms with E-state index in [0.29, 0.717) is 5.69 Å². The van der Waals surface area contributed by atoms with Gasteiger partial charge >= 0.3 is 6.18 Å². The Labute approximate surface area is 156 Å². The molecule has 6 nitrogen and oxygen atoms in total. The van der Waals surface area contributed by atoms with E-state index in [1.165, 1.54) is 4.68 Å². The predicted molar refractivity (Wildman–Crippen MR) is 91.4 cm³/mol. The van der Waals surface area contributed by atoms with Crippen molar-refractivity contribution < 1.29 is 18.0 Å². The van der Waals surface area contributed by atoms with Gasteiger partial charge in [-0.1, -0.05) is 0 Å². The molecule has 0 aromatic carbocycles. The Balaban J connectivity index is 1.78. The minimum absolute atomic E-state index is 0.00557. The third kappa shape index (κ3) is 3.79. The Morgan fingerprint density at radius 2 is 2.15 bits per heavy atom. The maximum atomic E-state index is 13.2. The van der Waals surface area contributed by atoms with Gasteiger partial charge in [0.05, 0.1) is 16.4 Å². The Kier molecular flexibility index (Phi) is 5.14. The molecule has 1 aliphatic carbocycles. The van der Waals surface area contributed by atoms with Gasteiger partial charge in [-0.05, 0) is 42.6 Å². The highest BCUT2D eigenvalue weighted by Crippen LogP contribution is 2.47. The number of halogens is 4. The van der Waals surface area contributed by atoms with E-state index in [2.05, 4.69) is 31.4 Å². The Hall–Kier alpha value is -1.84. The van der Waals surface area contributed by atoms with Gasteiger partial charge in [-0.3, -0.25) is 14.2 Å². The monoisotopic (exact) mass is 433 g/mol. The third-order valence-corrected chi connectivity index (χ3v) is 5.13. The molecular weight excluding hydrogens is 415 g/mol. The highest BCUT2D eigenvalue weighted by molar-refractivity contribution is 9.10. The lowest BCUT2D eigenvalue weighted by molar-refractivity contribution is -0.142. The van der Waals surface area contributed by atoms with Crippen LogP contribution in [0.3, 0.4) is 0 Å². The Morgan fingerprint density at radius 3 is 2.69 bits per heavy atom. The van der Waals surface area contributed by atoms with Crippen molar-refractivity contribution in [3.63, 3.8) is 0 Å². The van der Waals surface area contributed by atoms with Crippen molar-refractivity contribution >= 4 is 21.8 Å². The van der Waals surface area contributed by atoms with E-state index in [-0.39, 0.29) is 22.8 Å². The van der Waals surface area contributed by atoms with Crippen molar-refractivity contribution in [1.29, 1.82) is 0 Å². The molecule has 2 aromatic heterocycles. The fourth-order valence-corrected chi connectivity index (χ4v) is 3.55. The number of alkyl halides is 3. The van der Waals surface area contributed by atoms with Gasteiger partial charge in [-0.25, -0.2) is 0 Å². The lowest BCUT2D eigenvalue weighted by atomic mass is 10.2. The first-order valence-electron chi connectivity index (χ1n) is 8.36. The second kappa shape index (κ2) is 7.05. The molecule has 0 bridgehead atoms. The second-order valence-electron chi connectivity index (χ2n) is 6.36. The van der Waals surface area contributed by atoms with Crippen LogP contribution in [0.15, 0.2) is 16.9 Å². The zero-order chi connectivity index (χ0) is 19.1. The van der Waals surface area contributed by atoms with Crippen LogP contribution >= 0.6 is 15.9 Å². The fourth-order valence-electron chi connectivity index (χ4n) is 2.75. The van der Waals surface area contributed by atoms with Crippen LogP contribution in [-0.4, -0.2) is 25.5 Å². The average Bonchev–Trinajstić information content (AvgIpc) is 3.19. The molecule has 1 unspecified atom stereocenters. The van der Waals surface area contributed by atoms with Gasteiger partial charge < -0.3 is 5.32 Å². The smallest absolute Gasteiger partial charge is 0.350 e. The van der Waals surface area contributed by atoms with E-state index in [9.17, 15) is 18.0 Å². The van der Waals surface area contributed by atoms with E-state index >= 15 is 0 Å². The summed E-state index contributed by atoms with van der Waals surface area (Å²) in [6.07, 6.45) is 0.486. The van der Waals surface area contributed by atoms with E-state index < -0.39 is 17.9 Å². The number of carbonyl (C=O) groups is 1. The van der Waals surface area contributed by atoms with Crippen LogP contribution in [0, 0.1) is 0 Å². The van der Waals surface area contributed by atoms with Crippen LogP contribution in [0.4, 0.5) is 13.2 Å². The molecule has 0 spiro atoms. The normalized spacial score (nSPS) is 15.9. The molecule has 1 atom stereocenters. The number of aromatic nitrogens is 4. The molecule has 1 saturated carbocycles. The van der Waals surface area contributed by atoms with Crippen LogP contribution in [0.1, 0.15) is 55.6 Å². The first kappa shape index (κ1) is 18.9. The van der Waals surface area contributed by atoms with Crippen molar-refractivity contribution in [2.75, 3.05) is 0 Å². The predicted octanol–water partition coefficient (Wildman–Crippen LogP) is 3.64. The van der Waals surface area contributed by atoms with Crippen molar-refractivity contribution in [2.45, 2.75) is 57.9 Å². The van der Waals surface area contributed by atoms with Crippen molar-refractivity contribution in [3.05, 3.63) is 33.8 Å². The maximum Gasteiger partial charge on any atom is 0.436 e. The number of amides is 1. The van der Waals surface area contributed by atoms with E-state index in [0.717, 1.165) is 24.9 Å². The molecule has 0 aliphatic heterocycles.